The van der Waals surface area contributed by atoms with Gasteiger partial charge in [-0.1, -0.05) is 6.92 Å². The van der Waals surface area contributed by atoms with Gasteiger partial charge in [0.2, 0.25) is 0 Å². The molecule has 1 saturated carbocycles. The predicted octanol–water partition coefficient (Wildman–Crippen LogP) is 2.93. The lowest BCUT2D eigenvalue weighted by molar-refractivity contribution is 0.101. The van der Waals surface area contributed by atoms with Gasteiger partial charge in [-0.3, -0.25) is 4.79 Å². The first kappa shape index (κ1) is 12.0. The smallest absolute Gasteiger partial charge is 0.161 e. The van der Waals surface area contributed by atoms with Gasteiger partial charge in [-0.25, -0.2) is 0 Å². The summed E-state index contributed by atoms with van der Waals surface area (Å²) < 4.78 is 0. The summed E-state index contributed by atoms with van der Waals surface area (Å²) in [5, 5.41) is 3.38. The molecule has 92 valence electrons. The molecule has 3 nitrogen and oxygen atoms in total. The van der Waals surface area contributed by atoms with Crippen LogP contribution in [0.15, 0.2) is 18.2 Å². The molecule has 1 unspecified atom stereocenters. The Morgan fingerprint density at radius 3 is 2.76 bits per heavy atom. The molecule has 17 heavy (non-hydrogen) atoms. The highest BCUT2D eigenvalue weighted by Crippen LogP contribution is 2.36. The van der Waals surface area contributed by atoms with Crippen LogP contribution < -0.4 is 11.1 Å². The number of benzene rings is 1. The fraction of sp³-hybridized carbons (Fsp3) is 0.500. The van der Waals surface area contributed by atoms with Gasteiger partial charge in [0, 0.05) is 23.5 Å². The molecule has 0 bridgehead atoms. The molecule has 1 aromatic rings. The summed E-state index contributed by atoms with van der Waals surface area (Å²) in [6, 6.07) is 5.56. The molecule has 1 aliphatic carbocycles. The number of Topliss-reactive ketones (excluding diaryl/α,β-unsaturated/α-hetero) is 1. The molecule has 0 saturated heterocycles. The molecular weight excluding hydrogens is 212 g/mol. The first-order valence-corrected chi connectivity index (χ1v) is 6.22. The molecular formula is C14H20N2O. The second-order valence-electron chi connectivity index (χ2n) is 5.05. The molecule has 3 heteroatoms. The van der Waals surface area contributed by atoms with Gasteiger partial charge in [-0.2, -0.15) is 0 Å². The van der Waals surface area contributed by atoms with Crippen LogP contribution in [-0.2, 0) is 0 Å². The Kier molecular flexibility index (Phi) is 3.36. The number of anilines is 2. The van der Waals surface area contributed by atoms with Gasteiger partial charge < -0.3 is 11.1 Å². The number of rotatable bonds is 5. The minimum atomic E-state index is 0.0143. The van der Waals surface area contributed by atoms with Crippen molar-refractivity contribution in [2.24, 2.45) is 11.8 Å². The molecule has 3 N–H and O–H groups in total. The van der Waals surface area contributed by atoms with Gasteiger partial charge in [0.05, 0.1) is 0 Å². The minimum absolute atomic E-state index is 0.0143. The van der Waals surface area contributed by atoms with Gasteiger partial charge in [-0.15, -0.1) is 0 Å². The maximum Gasteiger partial charge on any atom is 0.161 e. The maximum atomic E-state index is 11.2. The van der Waals surface area contributed by atoms with Crippen LogP contribution in [0.25, 0.3) is 0 Å². The van der Waals surface area contributed by atoms with Crippen LogP contribution in [0.5, 0.6) is 0 Å². The van der Waals surface area contributed by atoms with Crippen molar-refractivity contribution in [3.05, 3.63) is 23.8 Å². The highest BCUT2D eigenvalue weighted by atomic mass is 16.1. The lowest BCUT2D eigenvalue weighted by atomic mass is 10.1. The van der Waals surface area contributed by atoms with Crippen molar-refractivity contribution < 1.29 is 4.79 Å². The van der Waals surface area contributed by atoms with Crippen LogP contribution in [0, 0.1) is 11.8 Å². The largest absolute Gasteiger partial charge is 0.398 e. The molecule has 0 amide bonds. The van der Waals surface area contributed by atoms with Crippen LogP contribution >= 0.6 is 0 Å². The van der Waals surface area contributed by atoms with Crippen LogP contribution in [0.3, 0.4) is 0 Å². The van der Waals surface area contributed by atoms with E-state index in [-0.39, 0.29) is 5.78 Å². The van der Waals surface area contributed by atoms with E-state index in [1.165, 1.54) is 19.8 Å². The Morgan fingerprint density at radius 1 is 1.53 bits per heavy atom. The number of nitrogen functional groups attached to an aromatic ring is 1. The van der Waals surface area contributed by atoms with Crippen molar-refractivity contribution in [3.63, 3.8) is 0 Å². The van der Waals surface area contributed by atoms with E-state index in [0.29, 0.717) is 17.2 Å². The van der Waals surface area contributed by atoms with E-state index < -0.39 is 0 Å². The molecule has 0 aliphatic heterocycles. The molecule has 1 aromatic carbocycles. The van der Waals surface area contributed by atoms with E-state index in [1.807, 2.05) is 12.1 Å². The average molecular weight is 232 g/mol. The third kappa shape index (κ3) is 2.99. The number of ketones is 1. The zero-order chi connectivity index (χ0) is 12.4. The van der Waals surface area contributed by atoms with E-state index in [4.69, 9.17) is 5.73 Å². The molecule has 0 heterocycles. The first-order valence-electron chi connectivity index (χ1n) is 6.22. The quantitative estimate of drug-likeness (QED) is 0.606. The highest BCUT2D eigenvalue weighted by Gasteiger charge is 2.27. The predicted molar refractivity (Wildman–Crippen MR) is 71.2 cm³/mol. The zero-order valence-electron chi connectivity index (χ0n) is 10.5. The summed E-state index contributed by atoms with van der Waals surface area (Å²) in [7, 11) is 0. The zero-order valence-corrected chi connectivity index (χ0v) is 10.5. The number of hydrogen-bond acceptors (Lipinski definition) is 3. The average Bonchev–Trinajstić information content (AvgIpc) is 3.09. The van der Waals surface area contributed by atoms with Crippen LogP contribution in [0.2, 0.25) is 0 Å². The van der Waals surface area contributed by atoms with E-state index >= 15 is 0 Å². The Balaban J connectivity index is 1.97. The van der Waals surface area contributed by atoms with Gasteiger partial charge >= 0.3 is 0 Å². The maximum absolute atomic E-state index is 11.2. The van der Waals surface area contributed by atoms with Crippen LogP contribution in [0.1, 0.15) is 37.0 Å². The summed E-state index contributed by atoms with van der Waals surface area (Å²) in [5.41, 5.74) is 8.00. The minimum Gasteiger partial charge on any atom is -0.398 e. The molecule has 0 radical (unpaired) electrons. The molecule has 0 aromatic heterocycles. The lowest BCUT2D eigenvalue weighted by Crippen LogP contribution is -2.13. The summed E-state index contributed by atoms with van der Waals surface area (Å²) in [6.07, 6.45) is 2.74. The Morgan fingerprint density at radius 2 is 2.24 bits per heavy atom. The lowest BCUT2D eigenvalue weighted by Gasteiger charge is -2.13. The molecule has 1 aliphatic rings. The normalized spacial score (nSPS) is 16.6. The van der Waals surface area contributed by atoms with Crippen molar-refractivity contribution in [1.82, 2.24) is 0 Å². The number of nitrogens with one attached hydrogen (secondary N) is 1. The SMILES string of the molecule is CC(=O)c1ccc(NCC(C)C2CC2)cc1N. The topological polar surface area (TPSA) is 55.1 Å². The monoisotopic (exact) mass is 232 g/mol. The van der Waals surface area contributed by atoms with Gasteiger partial charge in [0.15, 0.2) is 5.78 Å². The third-order valence-corrected chi connectivity index (χ3v) is 3.49. The van der Waals surface area contributed by atoms with Crippen molar-refractivity contribution in [2.75, 3.05) is 17.6 Å². The third-order valence-electron chi connectivity index (χ3n) is 3.49. The Bertz CT molecular complexity index is 424. The number of nitrogens with two attached hydrogens (primary N) is 1. The standard InChI is InChI=1S/C14H20N2O/c1-9(11-3-4-11)8-16-12-5-6-13(10(2)17)14(15)7-12/h5-7,9,11,16H,3-4,8,15H2,1-2H3. The van der Waals surface area contributed by atoms with Crippen molar-refractivity contribution in [2.45, 2.75) is 26.7 Å². The van der Waals surface area contributed by atoms with E-state index in [2.05, 4.69) is 12.2 Å². The van der Waals surface area contributed by atoms with Crippen molar-refractivity contribution in [3.8, 4) is 0 Å². The van der Waals surface area contributed by atoms with Gasteiger partial charge in [0.1, 0.15) is 0 Å². The Labute approximate surface area is 102 Å². The van der Waals surface area contributed by atoms with Gasteiger partial charge in [0.25, 0.3) is 0 Å². The van der Waals surface area contributed by atoms with E-state index in [9.17, 15) is 4.79 Å². The number of carbonyl (C=O) groups is 1. The molecule has 0 spiro atoms. The highest BCUT2D eigenvalue weighted by molar-refractivity contribution is 5.99. The fourth-order valence-electron chi connectivity index (χ4n) is 2.10. The van der Waals surface area contributed by atoms with Gasteiger partial charge in [-0.05, 0) is 49.8 Å². The summed E-state index contributed by atoms with van der Waals surface area (Å²) >= 11 is 0. The number of hydrogen-bond donors (Lipinski definition) is 2. The number of carbonyl (C=O) groups excluding carboxylic acids is 1. The second kappa shape index (κ2) is 4.78. The van der Waals surface area contributed by atoms with Crippen LogP contribution in [-0.4, -0.2) is 12.3 Å². The Hall–Kier alpha value is -1.51. The summed E-state index contributed by atoms with van der Waals surface area (Å²) in [6.45, 7) is 4.79. The fourth-order valence-corrected chi connectivity index (χ4v) is 2.10. The summed E-state index contributed by atoms with van der Waals surface area (Å²) in [4.78, 5) is 11.2. The molecule has 1 atom stereocenters. The molecule has 2 rings (SSSR count). The van der Waals surface area contributed by atoms with Crippen molar-refractivity contribution in [1.29, 1.82) is 0 Å². The van der Waals surface area contributed by atoms with E-state index in [0.717, 1.165) is 18.2 Å². The van der Waals surface area contributed by atoms with Crippen molar-refractivity contribution >= 4 is 17.2 Å². The first-order chi connectivity index (χ1) is 8.08. The summed E-state index contributed by atoms with van der Waals surface area (Å²) in [5.74, 6) is 1.63. The molecule has 1 fully saturated rings. The van der Waals surface area contributed by atoms with Crippen LogP contribution in [0.4, 0.5) is 11.4 Å². The van der Waals surface area contributed by atoms with E-state index in [1.54, 1.807) is 6.07 Å². The second-order valence-corrected chi connectivity index (χ2v) is 5.05.